The van der Waals surface area contributed by atoms with Crippen molar-refractivity contribution in [2.45, 2.75) is 72.1 Å². The minimum atomic E-state index is 0.0364. The first-order valence-corrected chi connectivity index (χ1v) is 6.55. The number of hydrogen-bond donors (Lipinski definition) is 1. The first-order valence-electron chi connectivity index (χ1n) is 6.55. The Balaban J connectivity index is 2.63. The zero-order valence-corrected chi connectivity index (χ0v) is 11.3. The van der Waals surface area contributed by atoms with Gasteiger partial charge in [-0.3, -0.25) is 10.1 Å². The maximum absolute atomic E-state index is 12.2. The van der Waals surface area contributed by atoms with Crippen LogP contribution in [0.4, 0.5) is 0 Å². The smallest absolute Gasteiger partial charge is 0.241 e. The van der Waals surface area contributed by atoms with E-state index in [9.17, 15) is 4.79 Å². The van der Waals surface area contributed by atoms with Crippen molar-refractivity contribution in [3.05, 3.63) is 0 Å². The SMILES string of the molecule is CCCC(C)N1C(=O)C(CC(C)C)NC1C. The fourth-order valence-corrected chi connectivity index (χ4v) is 2.61. The van der Waals surface area contributed by atoms with Crippen LogP contribution in [-0.2, 0) is 4.79 Å². The summed E-state index contributed by atoms with van der Waals surface area (Å²) in [6, 6.07) is 0.395. The monoisotopic (exact) mass is 226 g/mol. The Kier molecular flexibility index (Phi) is 4.78. The quantitative estimate of drug-likeness (QED) is 0.780. The summed E-state index contributed by atoms with van der Waals surface area (Å²) in [5, 5.41) is 3.40. The number of nitrogens with one attached hydrogen (secondary N) is 1. The Bertz CT molecular complexity index is 240. The van der Waals surface area contributed by atoms with Crippen LogP contribution in [0, 0.1) is 5.92 Å². The molecule has 0 aliphatic carbocycles. The maximum Gasteiger partial charge on any atom is 0.241 e. The van der Waals surface area contributed by atoms with Gasteiger partial charge in [0.2, 0.25) is 5.91 Å². The van der Waals surface area contributed by atoms with Gasteiger partial charge in [-0.2, -0.15) is 0 Å². The summed E-state index contributed by atoms with van der Waals surface area (Å²) in [5.74, 6) is 0.859. The molecule has 3 heteroatoms. The third-order valence-electron chi connectivity index (χ3n) is 3.30. The van der Waals surface area contributed by atoms with Gasteiger partial charge < -0.3 is 4.90 Å². The van der Waals surface area contributed by atoms with Crippen LogP contribution in [-0.4, -0.2) is 29.1 Å². The molecule has 0 aromatic carbocycles. The van der Waals surface area contributed by atoms with Crippen LogP contribution in [0.25, 0.3) is 0 Å². The molecule has 0 spiro atoms. The van der Waals surface area contributed by atoms with Gasteiger partial charge in [0, 0.05) is 6.04 Å². The number of carbonyl (C=O) groups is 1. The first-order chi connectivity index (χ1) is 7.47. The highest BCUT2D eigenvalue weighted by molar-refractivity contribution is 5.84. The van der Waals surface area contributed by atoms with E-state index in [0.29, 0.717) is 17.9 Å². The van der Waals surface area contributed by atoms with Gasteiger partial charge in [-0.1, -0.05) is 27.2 Å². The molecule has 3 atom stereocenters. The highest BCUT2D eigenvalue weighted by atomic mass is 16.2. The van der Waals surface area contributed by atoms with E-state index in [1.165, 1.54) is 0 Å². The van der Waals surface area contributed by atoms with E-state index in [4.69, 9.17) is 0 Å². The number of hydrogen-bond acceptors (Lipinski definition) is 2. The summed E-state index contributed by atoms with van der Waals surface area (Å²) >= 11 is 0. The third kappa shape index (κ3) is 2.97. The minimum absolute atomic E-state index is 0.0364. The molecule has 1 aliphatic rings. The van der Waals surface area contributed by atoms with E-state index in [0.717, 1.165) is 19.3 Å². The second-order valence-corrected chi connectivity index (χ2v) is 5.41. The normalized spacial score (nSPS) is 27.9. The molecule has 1 amide bonds. The molecule has 0 radical (unpaired) electrons. The summed E-state index contributed by atoms with van der Waals surface area (Å²) in [4.78, 5) is 14.3. The van der Waals surface area contributed by atoms with E-state index in [-0.39, 0.29) is 12.2 Å². The second-order valence-electron chi connectivity index (χ2n) is 5.41. The van der Waals surface area contributed by atoms with Gasteiger partial charge in [0.15, 0.2) is 0 Å². The van der Waals surface area contributed by atoms with Crippen molar-refractivity contribution in [2.75, 3.05) is 0 Å². The number of carbonyl (C=O) groups excluding carboxylic acids is 1. The molecule has 3 nitrogen and oxygen atoms in total. The summed E-state index contributed by atoms with van der Waals surface area (Å²) in [7, 11) is 0. The fourth-order valence-electron chi connectivity index (χ4n) is 2.61. The molecule has 0 aromatic rings. The molecule has 1 rings (SSSR count). The Morgan fingerprint density at radius 3 is 2.50 bits per heavy atom. The van der Waals surface area contributed by atoms with E-state index in [1.807, 2.05) is 4.90 Å². The molecule has 1 aliphatic heterocycles. The van der Waals surface area contributed by atoms with Gasteiger partial charge in [0.05, 0.1) is 12.2 Å². The molecule has 3 unspecified atom stereocenters. The molecular formula is C13H26N2O. The van der Waals surface area contributed by atoms with E-state index >= 15 is 0 Å². The van der Waals surface area contributed by atoms with Gasteiger partial charge in [0.1, 0.15) is 0 Å². The van der Waals surface area contributed by atoms with E-state index < -0.39 is 0 Å². The highest BCUT2D eigenvalue weighted by Gasteiger charge is 2.38. The second kappa shape index (κ2) is 5.67. The predicted molar refractivity (Wildman–Crippen MR) is 67.1 cm³/mol. The van der Waals surface area contributed by atoms with Gasteiger partial charge in [-0.25, -0.2) is 0 Å². The largest absolute Gasteiger partial charge is 0.323 e. The molecule has 1 saturated heterocycles. The van der Waals surface area contributed by atoms with Crippen molar-refractivity contribution in [2.24, 2.45) is 5.92 Å². The van der Waals surface area contributed by atoms with Crippen LogP contribution < -0.4 is 5.32 Å². The minimum Gasteiger partial charge on any atom is -0.323 e. The lowest BCUT2D eigenvalue weighted by Crippen LogP contribution is -2.41. The van der Waals surface area contributed by atoms with Crippen molar-refractivity contribution in [1.82, 2.24) is 10.2 Å². The molecule has 0 bridgehead atoms. The van der Waals surface area contributed by atoms with E-state index in [1.54, 1.807) is 0 Å². The van der Waals surface area contributed by atoms with Gasteiger partial charge >= 0.3 is 0 Å². The van der Waals surface area contributed by atoms with Crippen molar-refractivity contribution in [3.63, 3.8) is 0 Å². The maximum atomic E-state index is 12.2. The lowest BCUT2D eigenvalue weighted by atomic mass is 10.0. The lowest BCUT2D eigenvalue weighted by Gasteiger charge is -2.28. The van der Waals surface area contributed by atoms with Crippen LogP contribution in [0.2, 0.25) is 0 Å². The summed E-state index contributed by atoms with van der Waals surface area (Å²) < 4.78 is 0. The zero-order valence-electron chi connectivity index (χ0n) is 11.3. The van der Waals surface area contributed by atoms with Gasteiger partial charge in [-0.05, 0) is 32.6 Å². The Morgan fingerprint density at radius 1 is 1.38 bits per heavy atom. The Labute approximate surface area is 99.6 Å². The van der Waals surface area contributed by atoms with Crippen LogP contribution in [0.3, 0.4) is 0 Å². The molecule has 16 heavy (non-hydrogen) atoms. The summed E-state index contributed by atoms with van der Waals surface area (Å²) in [5.41, 5.74) is 0. The van der Waals surface area contributed by atoms with Crippen molar-refractivity contribution >= 4 is 5.91 Å². The number of amides is 1. The molecule has 1 heterocycles. The molecule has 94 valence electrons. The summed E-state index contributed by atoms with van der Waals surface area (Å²) in [6.07, 6.45) is 3.36. The lowest BCUT2D eigenvalue weighted by molar-refractivity contribution is -0.132. The zero-order chi connectivity index (χ0) is 12.3. The molecule has 0 aromatic heterocycles. The molecule has 1 N–H and O–H groups in total. The Hall–Kier alpha value is -0.570. The van der Waals surface area contributed by atoms with Crippen LogP contribution in [0.15, 0.2) is 0 Å². The first kappa shape index (κ1) is 13.5. The molecule has 0 saturated carbocycles. The summed E-state index contributed by atoms with van der Waals surface area (Å²) in [6.45, 7) is 10.7. The van der Waals surface area contributed by atoms with Gasteiger partial charge in [0.25, 0.3) is 0 Å². The van der Waals surface area contributed by atoms with Crippen LogP contribution >= 0.6 is 0 Å². The fraction of sp³-hybridized carbons (Fsp3) is 0.923. The van der Waals surface area contributed by atoms with Crippen molar-refractivity contribution in [1.29, 1.82) is 0 Å². The average molecular weight is 226 g/mol. The third-order valence-corrected chi connectivity index (χ3v) is 3.30. The van der Waals surface area contributed by atoms with Crippen molar-refractivity contribution in [3.8, 4) is 0 Å². The van der Waals surface area contributed by atoms with Gasteiger partial charge in [-0.15, -0.1) is 0 Å². The number of rotatable bonds is 5. The Morgan fingerprint density at radius 2 is 2.00 bits per heavy atom. The van der Waals surface area contributed by atoms with Crippen LogP contribution in [0.5, 0.6) is 0 Å². The molecular weight excluding hydrogens is 200 g/mol. The number of nitrogens with zero attached hydrogens (tertiary/aromatic N) is 1. The van der Waals surface area contributed by atoms with Crippen LogP contribution in [0.1, 0.15) is 53.9 Å². The average Bonchev–Trinajstić information content (AvgIpc) is 2.41. The highest BCUT2D eigenvalue weighted by Crippen LogP contribution is 2.21. The predicted octanol–water partition coefficient (Wildman–Crippen LogP) is 2.37. The molecule has 1 fully saturated rings. The standard InChI is InChI=1S/C13H26N2O/c1-6-7-10(4)15-11(5)14-12(13(15)16)8-9(2)3/h9-12,14H,6-8H2,1-5H3. The van der Waals surface area contributed by atoms with Crippen molar-refractivity contribution < 1.29 is 4.79 Å². The topological polar surface area (TPSA) is 32.3 Å². The van der Waals surface area contributed by atoms with E-state index in [2.05, 4.69) is 39.9 Å².